The molecule has 0 bridgehead atoms. The second-order valence-electron chi connectivity index (χ2n) is 2.08. The third kappa shape index (κ3) is 13.1. The quantitative estimate of drug-likeness (QED) is 0.441. The van der Waals surface area contributed by atoms with Crippen molar-refractivity contribution < 1.29 is 44.5 Å². The van der Waals surface area contributed by atoms with Gasteiger partial charge in [-0.3, -0.25) is 8.42 Å². The van der Waals surface area contributed by atoms with Gasteiger partial charge >= 0.3 is 23.0 Å². The van der Waals surface area contributed by atoms with Crippen molar-refractivity contribution in [2.45, 2.75) is 0 Å². The summed E-state index contributed by atoms with van der Waals surface area (Å²) in [6.45, 7) is 0. The van der Waals surface area contributed by atoms with Gasteiger partial charge in [0.05, 0.1) is 5.56 Å². The second-order valence-corrected chi connectivity index (χ2v) is 2.90. The van der Waals surface area contributed by atoms with Crippen LogP contribution in [-0.4, -0.2) is 28.6 Å². The zero-order valence-electron chi connectivity index (χ0n) is 7.08. The SMILES string of the molecule is O=C(O)c1ccccc1.O=S(=O)([O-])[O-].[Cu+2]. The maximum Gasteiger partial charge on any atom is 2.00 e. The number of aromatic carboxylic acids is 1. The van der Waals surface area contributed by atoms with E-state index in [1.807, 2.05) is 0 Å². The normalized spacial score (nSPS) is 9.20. The molecule has 0 aliphatic heterocycles. The summed E-state index contributed by atoms with van der Waals surface area (Å²) < 4.78 is 34.1. The maximum atomic E-state index is 10.2. The zero-order valence-corrected chi connectivity index (χ0v) is 8.84. The standard InChI is InChI=1S/C7H6O2.Cu.H2O4S/c8-7(9)6-4-2-1-3-5-6;;1-5(2,3)4/h1-5H,(H,8,9);;(H2,1,2,3,4)/q;+2;/p-2. The summed E-state index contributed by atoms with van der Waals surface area (Å²) in [7, 11) is -5.17. The van der Waals surface area contributed by atoms with Crippen LogP contribution in [0.2, 0.25) is 0 Å². The van der Waals surface area contributed by atoms with E-state index in [0.29, 0.717) is 5.56 Å². The van der Waals surface area contributed by atoms with E-state index in [2.05, 4.69) is 0 Å². The van der Waals surface area contributed by atoms with E-state index in [0.717, 1.165) is 0 Å². The van der Waals surface area contributed by atoms with Crippen LogP contribution in [-0.2, 0) is 27.5 Å². The van der Waals surface area contributed by atoms with Gasteiger partial charge in [0.1, 0.15) is 0 Å². The molecule has 1 rings (SSSR count). The maximum absolute atomic E-state index is 10.2. The molecular formula is C7H6CuO6S. The van der Waals surface area contributed by atoms with Crippen LogP contribution in [0.15, 0.2) is 30.3 Å². The summed E-state index contributed by atoms with van der Waals surface area (Å²) in [5.74, 6) is -0.879. The van der Waals surface area contributed by atoms with Crippen LogP contribution in [0.4, 0.5) is 0 Å². The Balaban J connectivity index is 0. The van der Waals surface area contributed by atoms with Crippen LogP contribution in [0.1, 0.15) is 10.4 Å². The van der Waals surface area contributed by atoms with Crippen molar-refractivity contribution in [2.24, 2.45) is 0 Å². The van der Waals surface area contributed by atoms with E-state index in [4.69, 9.17) is 22.6 Å². The van der Waals surface area contributed by atoms with E-state index >= 15 is 0 Å². The molecule has 0 amide bonds. The molecule has 1 radical (unpaired) electrons. The van der Waals surface area contributed by atoms with Gasteiger partial charge in [0, 0.05) is 10.4 Å². The van der Waals surface area contributed by atoms with Gasteiger partial charge in [0.2, 0.25) is 0 Å². The molecule has 0 aromatic heterocycles. The van der Waals surface area contributed by atoms with E-state index in [9.17, 15) is 4.79 Å². The Bertz CT molecular complexity index is 379. The molecule has 15 heavy (non-hydrogen) atoms. The molecule has 0 saturated heterocycles. The molecular weight excluding hydrogens is 276 g/mol. The van der Waals surface area contributed by atoms with Gasteiger partial charge < -0.3 is 14.2 Å². The number of carbonyl (C=O) groups is 1. The van der Waals surface area contributed by atoms with E-state index in [1.54, 1.807) is 30.3 Å². The molecule has 0 unspecified atom stereocenters. The monoisotopic (exact) mass is 281 g/mol. The summed E-state index contributed by atoms with van der Waals surface area (Å²) in [5, 5.41) is 8.38. The molecule has 0 aliphatic rings. The summed E-state index contributed by atoms with van der Waals surface area (Å²) in [6.07, 6.45) is 0. The molecule has 0 fully saturated rings. The van der Waals surface area contributed by atoms with Crippen LogP contribution in [0, 0.1) is 0 Å². The number of carboxylic acids is 1. The first-order valence-corrected chi connectivity index (χ1v) is 4.59. The molecule has 0 saturated carbocycles. The average Bonchev–Trinajstić information content (AvgIpc) is 2.03. The zero-order chi connectivity index (χ0) is 11.2. The van der Waals surface area contributed by atoms with Crippen LogP contribution >= 0.6 is 0 Å². The molecule has 8 heteroatoms. The van der Waals surface area contributed by atoms with Gasteiger partial charge in [-0.05, 0) is 12.1 Å². The molecule has 0 spiro atoms. The molecule has 0 heterocycles. The number of rotatable bonds is 1. The van der Waals surface area contributed by atoms with Crippen molar-refractivity contribution in [1.82, 2.24) is 0 Å². The van der Waals surface area contributed by atoms with Crippen molar-refractivity contribution in [3.05, 3.63) is 35.9 Å². The fourth-order valence-electron chi connectivity index (χ4n) is 0.581. The average molecular weight is 282 g/mol. The summed E-state index contributed by atoms with van der Waals surface area (Å²) >= 11 is 0. The summed E-state index contributed by atoms with van der Waals surface area (Å²) in [5.41, 5.74) is 0.331. The first kappa shape index (κ1) is 16.5. The predicted octanol–water partition coefficient (Wildman–Crippen LogP) is 0.0443. The number of benzene rings is 1. The van der Waals surface area contributed by atoms with Crippen molar-refractivity contribution in [2.75, 3.05) is 0 Å². The minimum Gasteiger partial charge on any atom is -0.759 e. The minimum absolute atomic E-state index is 0. The summed E-state index contributed by atoms with van der Waals surface area (Å²) in [4.78, 5) is 10.2. The first-order valence-electron chi connectivity index (χ1n) is 3.26. The van der Waals surface area contributed by atoms with Crippen molar-refractivity contribution in [3.8, 4) is 0 Å². The third-order valence-electron chi connectivity index (χ3n) is 1.02. The number of carboxylic acid groups (broad SMARTS) is 1. The van der Waals surface area contributed by atoms with Gasteiger partial charge in [0.25, 0.3) is 0 Å². The predicted molar refractivity (Wildman–Crippen MR) is 43.9 cm³/mol. The Morgan fingerprint density at radius 1 is 1.13 bits per heavy atom. The molecule has 0 atom stereocenters. The van der Waals surface area contributed by atoms with Gasteiger partial charge in [-0.2, -0.15) is 0 Å². The molecule has 1 aromatic carbocycles. The topological polar surface area (TPSA) is 118 Å². The second kappa shape index (κ2) is 7.38. The van der Waals surface area contributed by atoms with E-state index in [-0.39, 0.29) is 17.1 Å². The van der Waals surface area contributed by atoms with E-state index < -0.39 is 16.4 Å². The van der Waals surface area contributed by atoms with Crippen molar-refractivity contribution in [3.63, 3.8) is 0 Å². The fourth-order valence-corrected chi connectivity index (χ4v) is 0.581. The third-order valence-corrected chi connectivity index (χ3v) is 1.02. The molecule has 0 aliphatic carbocycles. The van der Waals surface area contributed by atoms with Crippen LogP contribution in [0.25, 0.3) is 0 Å². The van der Waals surface area contributed by atoms with Gasteiger partial charge in [-0.15, -0.1) is 0 Å². The van der Waals surface area contributed by atoms with Crippen LogP contribution < -0.4 is 0 Å². The van der Waals surface area contributed by atoms with Gasteiger partial charge in [0.15, 0.2) is 0 Å². The van der Waals surface area contributed by atoms with Crippen molar-refractivity contribution in [1.29, 1.82) is 0 Å². The minimum atomic E-state index is -5.17. The first-order chi connectivity index (χ1) is 6.30. The summed E-state index contributed by atoms with van der Waals surface area (Å²) in [6, 6.07) is 8.30. The Labute approximate surface area is 97.0 Å². The molecule has 6 nitrogen and oxygen atoms in total. The van der Waals surface area contributed by atoms with Crippen molar-refractivity contribution >= 4 is 16.4 Å². The largest absolute Gasteiger partial charge is 2.00 e. The Kier molecular flexibility index (Phi) is 8.12. The molecule has 87 valence electrons. The van der Waals surface area contributed by atoms with Gasteiger partial charge in [-0.25, -0.2) is 4.79 Å². The Morgan fingerprint density at radius 2 is 1.47 bits per heavy atom. The van der Waals surface area contributed by atoms with Crippen LogP contribution in [0.3, 0.4) is 0 Å². The van der Waals surface area contributed by atoms with E-state index in [1.165, 1.54) is 0 Å². The fraction of sp³-hybridized carbons (Fsp3) is 0. The number of hydrogen-bond acceptors (Lipinski definition) is 5. The van der Waals surface area contributed by atoms with Crippen LogP contribution in [0.5, 0.6) is 0 Å². The number of hydrogen-bond donors (Lipinski definition) is 1. The Hall–Kier alpha value is -0.921. The smallest absolute Gasteiger partial charge is 0.759 e. The molecule has 1 aromatic rings. The van der Waals surface area contributed by atoms with Gasteiger partial charge in [-0.1, -0.05) is 18.2 Å². The molecule has 1 N–H and O–H groups in total. The Morgan fingerprint density at radius 3 is 1.67 bits per heavy atom.